The zero-order chi connectivity index (χ0) is 14.1. The number of hydrogen-bond donors (Lipinski definition) is 1. The molecule has 2 fully saturated rings. The summed E-state index contributed by atoms with van der Waals surface area (Å²) in [6, 6.07) is 5.61. The molecule has 3 atom stereocenters. The van der Waals surface area contributed by atoms with Crippen LogP contribution in [0.1, 0.15) is 43.7 Å². The quantitative estimate of drug-likeness (QED) is 0.919. The second-order valence-electron chi connectivity index (χ2n) is 6.39. The standard InChI is InChI=1S/C16H27N3O/c1-12-10-18-8-4-3-5-14(18)11-19(12)15(9-17)16-7-6-13(2)20-16/h6-7,12,14-15H,3-5,8-11,17H2,1-2H3. The molecule has 0 radical (unpaired) electrons. The first-order valence-electron chi connectivity index (χ1n) is 7.95. The average Bonchev–Trinajstić information content (AvgIpc) is 2.86. The van der Waals surface area contributed by atoms with Crippen LogP contribution in [0.2, 0.25) is 0 Å². The van der Waals surface area contributed by atoms with Crippen LogP contribution in [0.5, 0.6) is 0 Å². The number of aryl methyl sites for hydroxylation is 1. The Labute approximate surface area is 121 Å². The molecule has 3 heterocycles. The third-order valence-electron chi connectivity index (χ3n) is 4.95. The molecule has 4 heteroatoms. The molecule has 0 aliphatic carbocycles. The van der Waals surface area contributed by atoms with Crippen molar-refractivity contribution in [1.82, 2.24) is 9.80 Å². The van der Waals surface area contributed by atoms with Gasteiger partial charge in [-0.1, -0.05) is 6.42 Å². The monoisotopic (exact) mass is 277 g/mol. The van der Waals surface area contributed by atoms with E-state index in [1.165, 1.54) is 32.4 Å². The van der Waals surface area contributed by atoms with E-state index in [-0.39, 0.29) is 6.04 Å². The summed E-state index contributed by atoms with van der Waals surface area (Å²) in [7, 11) is 0. The van der Waals surface area contributed by atoms with Gasteiger partial charge in [0.1, 0.15) is 11.5 Å². The van der Waals surface area contributed by atoms with Gasteiger partial charge < -0.3 is 10.2 Å². The highest BCUT2D eigenvalue weighted by Crippen LogP contribution is 2.31. The minimum absolute atomic E-state index is 0.225. The van der Waals surface area contributed by atoms with Crippen LogP contribution < -0.4 is 5.73 Å². The predicted molar refractivity (Wildman–Crippen MR) is 80.6 cm³/mol. The van der Waals surface area contributed by atoms with E-state index in [1.54, 1.807) is 0 Å². The minimum atomic E-state index is 0.225. The smallest absolute Gasteiger partial charge is 0.122 e. The van der Waals surface area contributed by atoms with Crippen molar-refractivity contribution >= 4 is 0 Å². The van der Waals surface area contributed by atoms with Crippen molar-refractivity contribution in [2.45, 2.75) is 51.2 Å². The van der Waals surface area contributed by atoms with Gasteiger partial charge in [0, 0.05) is 31.7 Å². The summed E-state index contributed by atoms with van der Waals surface area (Å²) in [5.41, 5.74) is 6.06. The summed E-state index contributed by atoms with van der Waals surface area (Å²) in [6.07, 6.45) is 4.06. The maximum Gasteiger partial charge on any atom is 0.122 e. The lowest BCUT2D eigenvalue weighted by Crippen LogP contribution is -2.59. The Kier molecular flexibility index (Phi) is 4.15. The minimum Gasteiger partial charge on any atom is -0.465 e. The highest BCUT2D eigenvalue weighted by molar-refractivity contribution is 5.11. The summed E-state index contributed by atoms with van der Waals surface area (Å²) in [5, 5.41) is 0. The van der Waals surface area contributed by atoms with Gasteiger partial charge in [-0.3, -0.25) is 9.80 Å². The molecular formula is C16H27N3O. The van der Waals surface area contributed by atoms with E-state index in [1.807, 2.05) is 13.0 Å². The molecule has 20 heavy (non-hydrogen) atoms. The Morgan fingerprint density at radius 3 is 2.90 bits per heavy atom. The first kappa shape index (κ1) is 14.1. The Balaban J connectivity index is 1.77. The van der Waals surface area contributed by atoms with Crippen molar-refractivity contribution in [2.24, 2.45) is 5.73 Å². The molecule has 0 amide bonds. The molecule has 112 valence electrons. The molecule has 1 aromatic rings. The maximum atomic E-state index is 6.06. The molecule has 0 bridgehead atoms. The molecule has 0 aromatic carbocycles. The van der Waals surface area contributed by atoms with E-state index in [9.17, 15) is 0 Å². The second-order valence-corrected chi connectivity index (χ2v) is 6.39. The fraction of sp³-hybridized carbons (Fsp3) is 0.750. The first-order valence-corrected chi connectivity index (χ1v) is 7.95. The van der Waals surface area contributed by atoms with Crippen molar-refractivity contribution in [3.63, 3.8) is 0 Å². The van der Waals surface area contributed by atoms with E-state index in [0.29, 0.717) is 18.6 Å². The van der Waals surface area contributed by atoms with Gasteiger partial charge in [0.15, 0.2) is 0 Å². The molecule has 0 spiro atoms. The number of hydrogen-bond acceptors (Lipinski definition) is 4. The van der Waals surface area contributed by atoms with Crippen molar-refractivity contribution in [2.75, 3.05) is 26.2 Å². The normalized spacial score (nSPS) is 30.1. The third kappa shape index (κ3) is 2.65. The fourth-order valence-electron chi connectivity index (χ4n) is 3.86. The van der Waals surface area contributed by atoms with E-state index in [4.69, 9.17) is 10.2 Å². The zero-order valence-corrected chi connectivity index (χ0v) is 12.7. The molecule has 0 saturated carbocycles. The van der Waals surface area contributed by atoms with Gasteiger partial charge in [-0.25, -0.2) is 0 Å². The number of piperidine rings is 1. The maximum absolute atomic E-state index is 6.06. The molecule has 2 N–H and O–H groups in total. The van der Waals surface area contributed by atoms with Gasteiger partial charge in [-0.05, 0) is 45.4 Å². The number of fused-ring (bicyclic) bond motifs is 1. The van der Waals surface area contributed by atoms with Gasteiger partial charge in [-0.2, -0.15) is 0 Å². The molecule has 1 aromatic heterocycles. The molecule has 2 aliphatic rings. The van der Waals surface area contributed by atoms with Crippen LogP contribution >= 0.6 is 0 Å². The third-order valence-corrected chi connectivity index (χ3v) is 4.95. The van der Waals surface area contributed by atoms with E-state index in [2.05, 4.69) is 22.8 Å². The molecule has 3 rings (SSSR count). The van der Waals surface area contributed by atoms with E-state index >= 15 is 0 Å². The number of nitrogens with zero attached hydrogens (tertiary/aromatic N) is 2. The SMILES string of the molecule is Cc1ccc(C(CN)N2CC3CCCCN3CC2C)o1. The number of piperazine rings is 1. The van der Waals surface area contributed by atoms with E-state index in [0.717, 1.165) is 18.1 Å². The average molecular weight is 277 g/mol. The molecule has 2 aliphatic heterocycles. The van der Waals surface area contributed by atoms with Gasteiger partial charge in [0.2, 0.25) is 0 Å². The molecule has 3 unspecified atom stereocenters. The van der Waals surface area contributed by atoms with Crippen LogP contribution in [0.4, 0.5) is 0 Å². The highest BCUT2D eigenvalue weighted by atomic mass is 16.3. The van der Waals surface area contributed by atoms with E-state index < -0.39 is 0 Å². The Hall–Kier alpha value is -0.840. The van der Waals surface area contributed by atoms with Gasteiger partial charge >= 0.3 is 0 Å². The summed E-state index contributed by atoms with van der Waals surface area (Å²) >= 11 is 0. The van der Waals surface area contributed by atoms with Crippen LogP contribution in [-0.4, -0.2) is 48.1 Å². The Bertz CT molecular complexity index is 445. The van der Waals surface area contributed by atoms with Gasteiger partial charge in [0.05, 0.1) is 6.04 Å². The van der Waals surface area contributed by atoms with Crippen LogP contribution in [0.15, 0.2) is 16.5 Å². The highest BCUT2D eigenvalue weighted by Gasteiger charge is 2.37. The van der Waals surface area contributed by atoms with Crippen LogP contribution in [0.3, 0.4) is 0 Å². The van der Waals surface area contributed by atoms with Gasteiger partial charge in [-0.15, -0.1) is 0 Å². The number of rotatable bonds is 3. The summed E-state index contributed by atoms with van der Waals surface area (Å²) in [4.78, 5) is 5.23. The lowest BCUT2D eigenvalue weighted by Gasteiger charge is -2.49. The van der Waals surface area contributed by atoms with Crippen LogP contribution in [0, 0.1) is 6.92 Å². The molecule has 4 nitrogen and oxygen atoms in total. The summed E-state index contributed by atoms with van der Waals surface area (Å²) in [6.45, 7) is 8.52. The van der Waals surface area contributed by atoms with Crippen molar-refractivity contribution in [1.29, 1.82) is 0 Å². The summed E-state index contributed by atoms with van der Waals surface area (Å²) in [5.74, 6) is 2.00. The van der Waals surface area contributed by atoms with Gasteiger partial charge in [0.25, 0.3) is 0 Å². The first-order chi connectivity index (χ1) is 9.69. The summed E-state index contributed by atoms with van der Waals surface area (Å²) < 4.78 is 5.84. The number of nitrogens with two attached hydrogens (primary N) is 1. The zero-order valence-electron chi connectivity index (χ0n) is 12.7. The lowest BCUT2D eigenvalue weighted by molar-refractivity contribution is -0.0112. The topological polar surface area (TPSA) is 45.6 Å². The van der Waals surface area contributed by atoms with Crippen molar-refractivity contribution < 1.29 is 4.42 Å². The lowest BCUT2D eigenvalue weighted by atomic mass is 9.95. The van der Waals surface area contributed by atoms with Crippen LogP contribution in [0.25, 0.3) is 0 Å². The fourth-order valence-corrected chi connectivity index (χ4v) is 3.86. The van der Waals surface area contributed by atoms with Crippen molar-refractivity contribution in [3.8, 4) is 0 Å². The number of furan rings is 1. The largest absolute Gasteiger partial charge is 0.465 e. The second kappa shape index (κ2) is 5.88. The Morgan fingerprint density at radius 1 is 1.35 bits per heavy atom. The van der Waals surface area contributed by atoms with Crippen molar-refractivity contribution in [3.05, 3.63) is 23.7 Å². The Morgan fingerprint density at radius 2 is 2.20 bits per heavy atom. The van der Waals surface area contributed by atoms with Crippen LogP contribution in [-0.2, 0) is 0 Å². The molecule has 2 saturated heterocycles. The predicted octanol–water partition coefficient (Wildman–Crippen LogP) is 2.15. The molecular weight excluding hydrogens is 250 g/mol.